The first-order valence-electron chi connectivity index (χ1n) is 14.2. The molecule has 0 spiro atoms. The van der Waals surface area contributed by atoms with Crippen molar-refractivity contribution in [2.45, 2.75) is 49.5 Å². The molecule has 220 valence electrons. The van der Waals surface area contributed by atoms with Gasteiger partial charge in [-0.3, -0.25) is 9.59 Å². The molecule has 2 N–H and O–H groups in total. The molecule has 1 aliphatic carbocycles. The predicted molar refractivity (Wildman–Crippen MR) is 163 cm³/mol. The van der Waals surface area contributed by atoms with Crippen LogP contribution < -0.4 is 4.72 Å². The standard InChI is InChI=1S/C31H32BrN3O6S/c32-24-7-9-25(10-8-24)42(38,39)33-31(37)22-6-11-26-27(18-22)35(19-28(36)34-13-16-40-17-14-34)30(23-12-15-41-20-23)29(26)21-4-2-1-3-5-21/h6-12,15,18,20-21H,1-5,13-14,16-17,19H2,(H-,33,37,38,39)/p+1. The molecule has 1 atom stereocenters. The topological polar surface area (TPSA) is 114 Å². The number of benzene rings is 2. The molecule has 2 aromatic carbocycles. The molecule has 2 fully saturated rings. The van der Waals surface area contributed by atoms with Crippen LogP contribution in [0, 0.1) is 0 Å². The van der Waals surface area contributed by atoms with E-state index < -0.39 is 16.3 Å². The summed E-state index contributed by atoms with van der Waals surface area (Å²) in [6, 6.07) is 13.5. The van der Waals surface area contributed by atoms with Gasteiger partial charge in [0, 0.05) is 34.1 Å². The predicted octanol–water partition coefficient (Wildman–Crippen LogP) is 6.25. The fourth-order valence-corrected chi connectivity index (χ4v) is 7.36. The van der Waals surface area contributed by atoms with E-state index in [9.17, 15) is 18.4 Å². The number of aromatic nitrogens is 1. The minimum absolute atomic E-state index is 0.0291. The molecule has 0 radical (unpaired) electrons. The fraction of sp³-hybridized carbons (Fsp3) is 0.355. The summed E-state index contributed by atoms with van der Waals surface area (Å²) >= 11 is 3.32. The van der Waals surface area contributed by atoms with Crippen LogP contribution in [0.4, 0.5) is 0 Å². The van der Waals surface area contributed by atoms with Gasteiger partial charge in [-0.25, -0.2) is 0 Å². The molecule has 3 heterocycles. The van der Waals surface area contributed by atoms with E-state index in [4.69, 9.17) is 9.15 Å². The van der Waals surface area contributed by atoms with E-state index in [1.165, 1.54) is 18.6 Å². The lowest BCUT2D eigenvalue weighted by Gasteiger charge is -2.27. The summed E-state index contributed by atoms with van der Waals surface area (Å²) in [4.78, 5) is 28.9. The molecule has 1 saturated carbocycles. The highest BCUT2D eigenvalue weighted by Gasteiger charge is 2.34. The van der Waals surface area contributed by atoms with Gasteiger partial charge in [-0.1, -0.05) is 41.3 Å². The van der Waals surface area contributed by atoms with Gasteiger partial charge in [-0.15, -0.1) is 4.72 Å². The number of fused-ring (bicyclic) bond motifs is 1. The zero-order valence-electron chi connectivity index (χ0n) is 23.1. The number of morpholine rings is 1. The number of hydrogen-bond donors (Lipinski definition) is 2. The van der Waals surface area contributed by atoms with Crippen LogP contribution in [-0.2, 0) is 30.7 Å². The molecule has 1 saturated heterocycles. The molecular weight excluding hydrogens is 622 g/mol. The van der Waals surface area contributed by atoms with Crippen LogP contribution >= 0.6 is 15.9 Å². The van der Waals surface area contributed by atoms with Crippen LogP contribution in [0.5, 0.6) is 0 Å². The summed E-state index contributed by atoms with van der Waals surface area (Å²) in [6.07, 6.45) is 8.89. The van der Waals surface area contributed by atoms with Gasteiger partial charge in [0.15, 0.2) is 0 Å². The van der Waals surface area contributed by atoms with Crippen molar-refractivity contribution >= 4 is 49.0 Å². The molecular formula is C31H33BrN3O6S+. The SMILES string of the molecule is O=C(N[S+](=O)(O)c1ccc(Br)cc1)c1ccc2c(C3CCCCC3)c(-c3ccoc3)n(CC(=O)N3CCOCC3)c2c1. The minimum Gasteiger partial charge on any atom is -0.472 e. The van der Waals surface area contributed by atoms with Crippen LogP contribution in [0.2, 0.25) is 0 Å². The second-order valence-corrected chi connectivity index (χ2v) is 13.5. The maximum atomic E-state index is 13.6. The van der Waals surface area contributed by atoms with Gasteiger partial charge in [0.1, 0.15) is 6.54 Å². The maximum absolute atomic E-state index is 13.6. The first kappa shape index (κ1) is 28.9. The number of nitrogens with one attached hydrogen (secondary N) is 1. The summed E-state index contributed by atoms with van der Waals surface area (Å²) in [5.74, 6) is -0.401. The first-order chi connectivity index (χ1) is 20.3. The molecule has 2 aliphatic rings. The van der Waals surface area contributed by atoms with Crippen LogP contribution in [0.25, 0.3) is 22.2 Å². The molecule has 2 aromatic heterocycles. The zero-order chi connectivity index (χ0) is 29.3. The molecule has 4 aromatic rings. The molecule has 11 heteroatoms. The number of rotatable bonds is 7. The lowest BCUT2D eigenvalue weighted by molar-refractivity contribution is -0.135. The summed E-state index contributed by atoms with van der Waals surface area (Å²) in [7, 11) is -3.84. The van der Waals surface area contributed by atoms with E-state index in [0.29, 0.717) is 32.2 Å². The Hall–Kier alpha value is -3.25. The third-order valence-electron chi connectivity index (χ3n) is 8.20. The Morgan fingerprint density at radius 2 is 1.76 bits per heavy atom. The number of halogens is 1. The minimum atomic E-state index is -3.84. The smallest absolute Gasteiger partial charge is 0.349 e. The molecule has 2 amide bonds. The number of carbonyl (C=O) groups is 2. The second-order valence-electron chi connectivity index (χ2n) is 10.8. The Kier molecular flexibility index (Phi) is 8.35. The number of nitrogens with zero attached hydrogens (tertiary/aromatic N) is 2. The van der Waals surface area contributed by atoms with E-state index in [2.05, 4.69) is 20.7 Å². The van der Waals surface area contributed by atoms with Gasteiger partial charge in [0.05, 0.1) is 37.0 Å². The van der Waals surface area contributed by atoms with Crippen molar-refractivity contribution in [2.24, 2.45) is 0 Å². The molecule has 0 bridgehead atoms. The number of hydrogen-bond acceptors (Lipinski definition) is 5. The van der Waals surface area contributed by atoms with E-state index >= 15 is 0 Å². The second kappa shape index (κ2) is 12.2. The van der Waals surface area contributed by atoms with E-state index in [-0.39, 0.29) is 22.9 Å². The normalized spacial score (nSPS) is 17.7. The Bertz CT molecular complexity index is 1640. The lowest BCUT2D eigenvalue weighted by Crippen LogP contribution is -2.42. The van der Waals surface area contributed by atoms with Crippen LogP contribution in [-0.4, -0.2) is 52.1 Å². The monoisotopic (exact) mass is 654 g/mol. The van der Waals surface area contributed by atoms with Gasteiger partial charge < -0.3 is 18.6 Å². The number of ether oxygens (including phenoxy) is 1. The fourth-order valence-electron chi connectivity index (χ4n) is 6.11. The van der Waals surface area contributed by atoms with E-state index in [1.54, 1.807) is 36.8 Å². The van der Waals surface area contributed by atoms with Gasteiger partial charge in [-0.2, -0.15) is 4.55 Å². The van der Waals surface area contributed by atoms with Gasteiger partial charge in [0.25, 0.3) is 5.91 Å². The van der Waals surface area contributed by atoms with Gasteiger partial charge in [0.2, 0.25) is 10.8 Å². The van der Waals surface area contributed by atoms with Crippen molar-refractivity contribution in [3.05, 3.63) is 76.7 Å². The number of carbonyl (C=O) groups excluding carboxylic acids is 2. The summed E-state index contributed by atoms with van der Waals surface area (Å²) in [5, 5.41) is 0.974. The maximum Gasteiger partial charge on any atom is 0.349 e. The number of amides is 2. The van der Waals surface area contributed by atoms with Gasteiger partial charge >= 0.3 is 10.4 Å². The zero-order valence-corrected chi connectivity index (χ0v) is 25.5. The summed E-state index contributed by atoms with van der Waals surface area (Å²) in [5.41, 5.74) is 3.92. The Morgan fingerprint density at radius 1 is 1.02 bits per heavy atom. The average Bonchev–Trinajstić information content (AvgIpc) is 3.64. The van der Waals surface area contributed by atoms with Crippen molar-refractivity contribution < 1.29 is 27.5 Å². The van der Waals surface area contributed by atoms with E-state index in [1.807, 2.05) is 21.6 Å². The van der Waals surface area contributed by atoms with Gasteiger partial charge in [-0.05, 0) is 71.0 Å². The van der Waals surface area contributed by atoms with Crippen molar-refractivity contribution in [3.63, 3.8) is 0 Å². The highest BCUT2D eigenvalue weighted by Crippen LogP contribution is 2.44. The number of furan rings is 1. The third kappa shape index (κ3) is 5.83. The molecule has 1 aliphatic heterocycles. The highest BCUT2D eigenvalue weighted by molar-refractivity contribution is 9.10. The van der Waals surface area contributed by atoms with E-state index in [0.717, 1.165) is 57.9 Å². The summed E-state index contributed by atoms with van der Waals surface area (Å²) in [6.45, 7) is 2.16. The van der Waals surface area contributed by atoms with Crippen LogP contribution in [0.3, 0.4) is 0 Å². The van der Waals surface area contributed by atoms with Crippen molar-refractivity contribution in [2.75, 3.05) is 26.3 Å². The van der Waals surface area contributed by atoms with Crippen molar-refractivity contribution in [1.82, 2.24) is 14.2 Å². The lowest BCUT2D eigenvalue weighted by atomic mass is 9.82. The van der Waals surface area contributed by atoms with Crippen LogP contribution in [0.1, 0.15) is 53.9 Å². The molecule has 1 unspecified atom stereocenters. The molecule has 6 rings (SSSR count). The summed E-state index contributed by atoms with van der Waals surface area (Å²) < 4.78 is 39.8. The quantitative estimate of drug-likeness (QED) is 0.228. The Morgan fingerprint density at radius 3 is 2.45 bits per heavy atom. The molecule has 42 heavy (non-hydrogen) atoms. The molecule has 9 nitrogen and oxygen atoms in total. The average molecular weight is 656 g/mol. The third-order valence-corrected chi connectivity index (χ3v) is 10.1. The largest absolute Gasteiger partial charge is 0.472 e. The van der Waals surface area contributed by atoms with Crippen LogP contribution in [0.15, 0.2) is 74.8 Å². The van der Waals surface area contributed by atoms with Crippen molar-refractivity contribution in [1.29, 1.82) is 0 Å². The highest BCUT2D eigenvalue weighted by atomic mass is 79.9. The van der Waals surface area contributed by atoms with Crippen molar-refractivity contribution in [3.8, 4) is 11.3 Å². The Balaban J connectivity index is 1.44. The first-order valence-corrected chi connectivity index (χ1v) is 16.5. The Labute approximate surface area is 253 Å².